The number of benzene rings is 1. The van der Waals surface area contributed by atoms with Gasteiger partial charge in [-0.05, 0) is 61.4 Å². The van der Waals surface area contributed by atoms with E-state index in [2.05, 4.69) is 4.98 Å². The lowest BCUT2D eigenvalue weighted by Crippen LogP contribution is -2.37. The van der Waals surface area contributed by atoms with Crippen molar-refractivity contribution in [2.24, 2.45) is 0 Å². The molecule has 1 aromatic carbocycles. The number of aliphatic hydroxyl groups is 1. The molecule has 1 aliphatic heterocycles. The molecule has 0 bridgehead atoms. The highest BCUT2D eigenvalue weighted by atomic mass is 19.1. The van der Waals surface area contributed by atoms with Gasteiger partial charge in [0.2, 0.25) is 0 Å². The summed E-state index contributed by atoms with van der Waals surface area (Å²) < 4.78 is 13.1. The van der Waals surface area contributed by atoms with Crippen molar-refractivity contribution >= 4 is 5.91 Å². The summed E-state index contributed by atoms with van der Waals surface area (Å²) in [5, 5.41) is 10.9. The summed E-state index contributed by atoms with van der Waals surface area (Å²) in [5.41, 5.74) is 1.09. The van der Waals surface area contributed by atoms with Crippen molar-refractivity contribution < 1.29 is 14.3 Å². The summed E-state index contributed by atoms with van der Waals surface area (Å²) in [6, 6.07) is 7.38. The molecule has 0 radical (unpaired) electrons. The topological polar surface area (TPSA) is 73.4 Å². The fourth-order valence-electron chi connectivity index (χ4n) is 3.97. The Hall–Kier alpha value is -2.47. The van der Waals surface area contributed by atoms with Gasteiger partial charge < -0.3 is 15.0 Å². The van der Waals surface area contributed by atoms with Crippen molar-refractivity contribution in [2.45, 2.75) is 37.7 Å². The molecule has 2 heterocycles. The van der Waals surface area contributed by atoms with Gasteiger partial charge in [-0.2, -0.15) is 0 Å². The number of halogens is 1. The van der Waals surface area contributed by atoms with E-state index in [1.807, 2.05) is 0 Å². The third-order valence-electron chi connectivity index (χ3n) is 5.49. The first-order chi connectivity index (χ1) is 12.5. The maximum absolute atomic E-state index is 13.1. The van der Waals surface area contributed by atoms with Gasteiger partial charge in [0.05, 0.1) is 6.54 Å². The molecule has 2 aliphatic rings. The Labute approximate surface area is 150 Å². The maximum atomic E-state index is 13.1. The van der Waals surface area contributed by atoms with E-state index in [4.69, 9.17) is 0 Å². The van der Waals surface area contributed by atoms with Crippen LogP contribution in [0.1, 0.15) is 46.4 Å². The predicted molar refractivity (Wildman–Crippen MR) is 94.5 cm³/mol. The number of fused-ring (bicyclic) bond motifs is 1. The summed E-state index contributed by atoms with van der Waals surface area (Å²) in [5.74, 6) is -0.735. The summed E-state index contributed by atoms with van der Waals surface area (Å²) in [4.78, 5) is 29.6. The molecular weight excluding hydrogens is 335 g/mol. The Bertz CT molecular complexity index is 906. The van der Waals surface area contributed by atoms with Crippen LogP contribution in [0, 0.1) is 5.82 Å². The van der Waals surface area contributed by atoms with Crippen LogP contribution in [0.4, 0.5) is 4.39 Å². The molecule has 1 atom stereocenters. The number of hydrogen-bond acceptors (Lipinski definition) is 3. The van der Waals surface area contributed by atoms with E-state index < -0.39 is 5.60 Å². The number of hydrogen-bond donors (Lipinski definition) is 2. The number of carbonyl (C=O) groups is 1. The molecule has 1 fully saturated rings. The van der Waals surface area contributed by atoms with Crippen LogP contribution < -0.4 is 5.56 Å². The zero-order valence-electron chi connectivity index (χ0n) is 14.4. The zero-order chi connectivity index (χ0) is 18.3. The lowest BCUT2D eigenvalue weighted by Gasteiger charge is -2.24. The number of aromatic nitrogens is 1. The second-order valence-electron chi connectivity index (χ2n) is 7.24. The predicted octanol–water partition coefficient (Wildman–Crippen LogP) is 2.13. The Morgan fingerprint density at radius 2 is 1.92 bits per heavy atom. The number of β-amino-alcohol motifs (C(OH)–C–C–N with tert-alkyl or cyclic N) is 1. The van der Waals surface area contributed by atoms with E-state index in [-0.39, 0.29) is 29.4 Å². The number of aromatic amines is 1. The van der Waals surface area contributed by atoms with Crippen LogP contribution in [-0.4, -0.2) is 34.0 Å². The quantitative estimate of drug-likeness (QED) is 0.866. The number of amides is 1. The highest BCUT2D eigenvalue weighted by molar-refractivity contribution is 5.94. The SMILES string of the molecule is O=C(c1cc2c([nH]c1=O)CCCC2)N1CCC(O)(c2ccc(F)cc2)C1. The fourth-order valence-corrected chi connectivity index (χ4v) is 3.97. The summed E-state index contributed by atoms with van der Waals surface area (Å²) in [6.45, 7) is 0.442. The van der Waals surface area contributed by atoms with Crippen LogP contribution >= 0.6 is 0 Å². The van der Waals surface area contributed by atoms with E-state index in [0.29, 0.717) is 18.5 Å². The van der Waals surface area contributed by atoms with Crippen LogP contribution in [-0.2, 0) is 18.4 Å². The van der Waals surface area contributed by atoms with E-state index in [0.717, 1.165) is 36.9 Å². The minimum Gasteiger partial charge on any atom is -0.383 e. The minimum atomic E-state index is -1.22. The molecule has 26 heavy (non-hydrogen) atoms. The fraction of sp³-hybridized carbons (Fsp3) is 0.400. The van der Waals surface area contributed by atoms with Crippen LogP contribution in [0.25, 0.3) is 0 Å². The van der Waals surface area contributed by atoms with E-state index in [1.165, 1.54) is 29.2 Å². The van der Waals surface area contributed by atoms with Crippen molar-refractivity contribution in [3.8, 4) is 0 Å². The van der Waals surface area contributed by atoms with Crippen molar-refractivity contribution in [1.82, 2.24) is 9.88 Å². The third kappa shape index (κ3) is 2.94. The van der Waals surface area contributed by atoms with Gasteiger partial charge >= 0.3 is 0 Å². The smallest absolute Gasteiger partial charge is 0.261 e. The molecule has 2 N–H and O–H groups in total. The normalized spacial score (nSPS) is 22.3. The lowest BCUT2D eigenvalue weighted by atomic mass is 9.93. The van der Waals surface area contributed by atoms with Crippen molar-refractivity contribution in [1.29, 1.82) is 0 Å². The number of pyridine rings is 1. The zero-order valence-corrected chi connectivity index (χ0v) is 14.4. The molecule has 1 unspecified atom stereocenters. The van der Waals surface area contributed by atoms with Gasteiger partial charge in [0, 0.05) is 12.2 Å². The standard InChI is InChI=1S/C20H21FN2O3/c21-15-7-5-14(6-8-15)20(26)9-10-23(12-20)19(25)16-11-13-3-1-2-4-17(13)22-18(16)24/h5-8,11,26H,1-4,9-10,12H2,(H,22,24). The molecule has 5 nitrogen and oxygen atoms in total. The first-order valence-electron chi connectivity index (χ1n) is 8.99. The number of H-pyrrole nitrogens is 1. The molecule has 1 saturated heterocycles. The van der Waals surface area contributed by atoms with Gasteiger partial charge in [0.1, 0.15) is 17.0 Å². The van der Waals surface area contributed by atoms with Crippen molar-refractivity contribution in [3.05, 3.63) is 68.9 Å². The van der Waals surface area contributed by atoms with Gasteiger partial charge in [0.15, 0.2) is 0 Å². The van der Waals surface area contributed by atoms with E-state index in [1.54, 1.807) is 6.07 Å². The molecule has 1 aromatic heterocycles. The molecule has 1 aliphatic carbocycles. The molecule has 4 rings (SSSR count). The maximum Gasteiger partial charge on any atom is 0.261 e. The highest BCUT2D eigenvalue weighted by Gasteiger charge is 2.40. The van der Waals surface area contributed by atoms with Crippen LogP contribution in [0.2, 0.25) is 0 Å². The first kappa shape index (κ1) is 17.0. The van der Waals surface area contributed by atoms with Crippen LogP contribution in [0.15, 0.2) is 35.1 Å². The lowest BCUT2D eigenvalue weighted by molar-refractivity contribution is 0.0416. The van der Waals surface area contributed by atoms with Crippen LogP contribution in [0.5, 0.6) is 0 Å². The molecule has 0 saturated carbocycles. The van der Waals surface area contributed by atoms with Gasteiger partial charge in [-0.15, -0.1) is 0 Å². The largest absolute Gasteiger partial charge is 0.383 e. The van der Waals surface area contributed by atoms with Crippen molar-refractivity contribution in [2.75, 3.05) is 13.1 Å². The molecule has 1 amide bonds. The number of nitrogens with one attached hydrogen (secondary N) is 1. The van der Waals surface area contributed by atoms with Gasteiger partial charge in [0.25, 0.3) is 11.5 Å². The summed E-state index contributed by atoms with van der Waals surface area (Å²) >= 11 is 0. The van der Waals surface area contributed by atoms with Crippen molar-refractivity contribution in [3.63, 3.8) is 0 Å². The second kappa shape index (κ2) is 6.36. The number of nitrogens with zero attached hydrogens (tertiary/aromatic N) is 1. The van der Waals surface area contributed by atoms with E-state index in [9.17, 15) is 19.1 Å². The van der Waals surface area contributed by atoms with Gasteiger partial charge in [-0.25, -0.2) is 4.39 Å². The Balaban J connectivity index is 1.58. The number of aryl methyl sites for hydroxylation is 2. The number of rotatable bonds is 2. The average molecular weight is 356 g/mol. The molecule has 0 spiro atoms. The molecule has 136 valence electrons. The highest BCUT2D eigenvalue weighted by Crippen LogP contribution is 2.32. The Morgan fingerprint density at radius 3 is 2.69 bits per heavy atom. The minimum absolute atomic E-state index is 0.0913. The first-order valence-corrected chi connectivity index (χ1v) is 8.99. The molecule has 2 aromatic rings. The third-order valence-corrected chi connectivity index (χ3v) is 5.49. The monoisotopic (exact) mass is 356 g/mol. The van der Waals surface area contributed by atoms with Gasteiger partial charge in [-0.3, -0.25) is 9.59 Å². The van der Waals surface area contributed by atoms with E-state index >= 15 is 0 Å². The average Bonchev–Trinajstić information content (AvgIpc) is 3.04. The Morgan fingerprint density at radius 1 is 1.19 bits per heavy atom. The Kier molecular flexibility index (Phi) is 4.15. The number of carbonyl (C=O) groups excluding carboxylic acids is 1. The summed E-state index contributed by atoms with van der Waals surface area (Å²) in [6.07, 6.45) is 4.17. The molecular formula is C20H21FN2O3. The van der Waals surface area contributed by atoms with Crippen LogP contribution in [0.3, 0.4) is 0 Å². The van der Waals surface area contributed by atoms with Gasteiger partial charge in [-0.1, -0.05) is 12.1 Å². The second-order valence-corrected chi connectivity index (χ2v) is 7.24. The summed E-state index contributed by atoms with van der Waals surface area (Å²) in [7, 11) is 0. The molecule has 6 heteroatoms. The number of likely N-dealkylation sites (tertiary alicyclic amines) is 1.